The Kier molecular flexibility index (Phi) is 4.65. The second-order valence-electron chi connectivity index (χ2n) is 8.84. The molecule has 4 heterocycles. The quantitative estimate of drug-likeness (QED) is 0.352. The van der Waals surface area contributed by atoms with Crippen molar-refractivity contribution in [3.63, 3.8) is 0 Å². The number of hydrogen-bond donors (Lipinski definition) is 1. The van der Waals surface area contributed by atoms with Gasteiger partial charge in [-0.2, -0.15) is 10.2 Å². The number of rotatable bonds is 4. The van der Waals surface area contributed by atoms with Crippen LogP contribution in [0.15, 0.2) is 104 Å². The Labute approximate surface area is 211 Å². The number of fused-ring (bicyclic) bond motifs is 3. The third-order valence-corrected chi connectivity index (χ3v) is 6.53. The summed E-state index contributed by atoms with van der Waals surface area (Å²) in [6.45, 7) is 2.01. The molecule has 0 spiro atoms. The smallest absolute Gasteiger partial charge is 0.168 e. The molecule has 1 N–H and O–H groups in total. The Morgan fingerprint density at radius 1 is 0.811 bits per heavy atom. The van der Waals surface area contributed by atoms with E-state index in [1.165, 1.54) is 6.33 Å². The molecule has 0 radical (unpaired) electrons. The van der Waals surface area contributed by atoms with Crippen LogP contribution in [0, 0.1) is 6.92 Å². The van der Waals surface area contributed by atoms with E-state index in [0.29, 0.717) is 0 Å². The van der Waals surface area contributed by atoms with Crippen molar-refractivity contribution in [1.29, 1.82) is 0 Å². The lowest BCUT2D eigenvalue weighted by molar-refractivity contribution is 0.475. The molecule has 3 aromatic carbocycles. The van der Waals surface area contributed by atoms with Crippen LogP contribution in [0.1, 0.15) is 5.69 Å². The van der Waals surface area contributed by atoms with E-state index in [4.69, 9.17) is 10.1 Å². The van der Waals surface area contributed by atoms with Crippen molar-refractivity contribution in [2.45, 2.75) is 6.92 Å². The van der Waals surface area contributed by atoms with Crippen LogP contribution in [0.4, 0.5) is 0 Å². The highest BCUT2D eigenvalue weighted by Crippen LogP contribution is 2.37. The molecular weight excluding hydrogens is 462 g/mol. The lowest BCUT2D eigenvalue weighted by Crippen LogP contribution is -2.07. The predicted molar refractivity (Wildman–Crippen MR) is 142 cm³/mol. The number of para-hydroxylation sites is 3. The molecule has 37 heavy (non-hydrogen) atoms. The van der Waals surface area contributed by atoms with E-state index in [1.54, 1.807) is 23.1 Å². The molecule has 0 saturated carbocycles. The number of phenols is 1. The average Bonchev–Trinajstić information content (AvgIpc) is 3.66. The molecular formula is C29H21N7O. The van der Waals surface area contributed by atoms with E-state index < -0.39 is 0 Å². The predicted octanol–water partition coefficient (Wildman–Crippen LogP) is 5.60. The first-order chi connectivity index (χ1) is 18.2. The number of nitrogens with zero attached hydrogens (tertiary/aromatic N) is 7. The fourth-order valence-electron chi connectivity index (χ4n) is 4.89. The Bertz CT molecular complexity index is 1880. The molecule has 0 unspecified atom stereocenters. The number of pyridine rings is 1. The molecule has 0 aliphatic rings. The summed E-state index contributed by atoms with van der Waals surface area (Å²) >= 11 is 0. The van der Waals surface area contributed by atoms with Gasteiger partial charge >= 0.3 is 0 Å². The average molecular weight is 484 g/mol. The van der Waals surface area contributed by atoms with Crippen molar-refractivity contribution < 1.29 is 5.11 Å². The molecule has 0 atom stereocenters. The summed E-state index contributed by atoms with van der Waals surface area (Å²) in [5, 5.41) is 19.3. The van der Waals surface area contributed by atoms with Gasteiger partial charge in [-0.15, -0.1) is 0 Å². The van der Waals surface area contributed by atoms with Gasteiger partial charge in [-0.1, -0.05) is 42.5 Å². The molecule has 0 aliphatic heterocycles. The molecule has 0 saturated heterocycles. The third-order valence-electron chi connectivity index (χ3n) is 6.53. The Balaban J connectivity index is 1.61. The van der Waals surface area contributed by atoms with Crippen LogP contribution in [0.25, 0.3) is 50.6 Å². The fourth-order valence-corrected chi connectivity index (χ4v) is 4.89. The summed E-state index contributed by atoms with van der Waals surface area (Å²) in [7, 11) is 0. The Morgan fingerprint density at radius 2 is 1.59 bits per heavy atom. The van der Waals surface area contributed by atoms with E-state index in [0.717, 1.165) is 56.3 Å². The second-order valence-corrected chi connectivity index (χ2v) is 8.84. The maximum Gasteiger partial charge on any atom is 0.168 e. The zero-order chi connectivity index (χ0) is 24.9. The first kappa shape index (κ1) is 21.1. The van der Waals surface area contributed by atoms with Crippen LogP contribution in [-0.4, -0.2) is 39.0 Å². The number of imidazole rings is 1. The van der Waals surface area contributed by atoms with Crippen LogP contribution < -0.4 is 0 Å². The fraction of sp³-hybridized carbons (Fsp3) is 0.0345. The number of phenolic OH excluding ortho intramolecular Hbond substituents is 1. The Hall–Kier alpha value is -5.24. The lowest BCUT2D eigenvalue weighted by Gasteiger charge is -2.13. The van der Waals surface area contributed by atoms with Gasteiger partial charge in [-0.3, -0.25) is 4.40 Å². The van der Waals surface area contributed by atoms with Gasteiger partial charge in [-0.25, -0.2) is 19.3 Å². The highest BCUT2D eigenvalue weighted by atomic mass is 16.3. The zero-order valence-corrected chi connectivity index (χ0v) is 19.9. The topological polar surface area (TPSA) is 86.1 Å². The van der Waals surface area contributed by atoms with Crippen LogP contribution in [-0.2, 0) is 0 Å². The maximum atomic E-state index is 9.85. The summed E-state index contributed by atoms with van der Waals surface area (Å²) in [6.07, 6.45) is 3.21. The SMILES string of the molecule is Cc1nn(-c2ccccc2)c(-n2cncn2)c1-c1cc(-c2ccc(O)cc2)cc2nc3ccccc3n12. The van der Waals surface area contributed by atoms with Gasteiger partial charge in [0.25, 0.3) is 0 Å². The highest BCUT2D eigenvalue weighted by Gasteiger charge is 2.24. The normalized spacial score (nSPS) is 11.5. The van der Waals surface area contributed by atoms with Crippen LogP contribution in [0.3, 0.4) is 0 Å². The Morgan fingerprint density at radius 3 is 2.38 bits per heavy atom. The van der Waals surface area contributed by atoms with Crippen molar-refractivity contribution >= 4 is 16.7 Å². The first-order valence-corrected chi connectivity index (χ1v) is 11.9. The lowest BCUT2D eigenvalue weighted by atomic mass is 10.0. The van der Waals surface area contributed by atoms with Gasteiger partial charge in [-0.05, 0) is 66.6 Å². The molecule has 4 aromatic heterocycles. The third kappa shape index (κ3) is 3.38. The zero-order valence-electron chi connectivity index (χ0n) is 19.9. The molecule has 8 heteroatoms. The van der Waals surface area contributed by atoms with Gasteiger partial charge in [0.05, 0.1) is 33.7 Å². The summed E-state index contributed by atoms with van der Waals surface area (Å²) < 4.78 is 5.82. The number of aromatic nitrogens is 7. The van der Waals surface area contributed by atoms with Gasteiger partial charge < -0.3 is 5.11 Å². The maximum absolute atomic E-state index is 9.85. The van der Waals surface area contributed by atoms with Crippen molar-refractivity contribution in [1.82, 2.24) is 33.9 Å². The highest BCUT2D eigenvalue weighted by molar-refractivity contribution is 5.88. The van der Waals surface area contributed by atoms with Crippen LogP contribution in [0.2, 0.25) is 0 Å². The molecule has 0 aliphatic carbocycles. The standard InChI is InChI=1S/C29H21N7O/c1-19-28(29(34-18-30-17-31-34)36(33-19)22-7-3-2-4-8-22)26-15-21(20-11-13-23(37)14-12-20)16-27-32-24-9-5-6-10-25(24)35(26)27/h2-18,37H,1H3. The minimum absolute atomic E-state index is 0.227. The largest absolute Gasteiger partial charge is 0.508 e. The molecule has 0 amide bonds. The summed E-state index contributed by atoms with van der Waals surface area (Å²) in [5.74, 6) is 1.01. The number of benzene rings is 3. The molecule has 8 nitrogen and oxygen atoms in total. The van der Waals surface area contributed by atoms with E-state index in [-0.39, 0.29) is 5.75 Å². The molecule has 0 bridgehead atoms. The van der Waals surface area contributed by atoms with Crippen molar-refractivity contribution in [2.24, 2.45) is 0 Å². The number of aryl methyl sites for hydroxylation is 1. The van der Waals surface area contributed by atoms with Crippen molar-refractivity contribution in [3.05, 3.63) is 109 Å². The number of hydrogen-bond acceptors (Lipinski definition) is 5. The molecule has 7 aromatic rings. The summed E-state index contributed by atoms with van der Waals surface area (Å²) in [5.41, 5.74) is 8.29. The van der Waals surface area contributed by atoms with Gasteiger partial charge in [0.15, 0.2) is 5.82 Å². The molecule has 0 fully saturated rings. The summed E-state index contributed by atoms with van der Waals surface area (Å²) in [4.78, 5) is 9.16. The van der Waals surface area contributed by atoms with Gasteiger partial charge in [0, 0.05) is 0 Å². The second kappa shape index (κ2) is 8.17. The summed E-state index contributed by atoms with van der Waals surface area (Å²) in [6, 6.07) is 29.5. The molecule has 7 rings (SSSR count). The van der Waals surface area contributed by atoms with Gasteiger partial charge in [0.1, 0.15) is 24.1 Å². The first-order valence-electron chi connectivity index (χ1n) is 11.9. The van der Waals surface area contributed by atoms with Crippen molar-refractivity contribution in [2.75, 3.05) is 0 Å². The van der Waals surface area contributed by atoms with E-state index >= 15 is 0 Å². The van der Waals surface area contributed by atoms with E-state index in [9.17, 15) is 5.11 Å². The van der Waals surface area contributed by atoms with Crippen LogP contribution in [0.5, 0.6) is 5.75 Å². The molecule has 178 valence electrons. The van der Waals surface area contributed by atoms with Crippen molar-refractivity contribution in [3.8, 4) is 39.6 Å². The van der Waals surface area contributed by atoms with Gasteiger partial charge in [0.2, 0.25) is 0 Å². The van der Waals surface area contributed by atoms with E-state index in [2.05, 4.69) is 32.7 Å². The van der Waals surface area contributed by atoms with E-state index in [1.807, 2.05) is 72.3 Å². The van der Waals surface area contributed by atoms with Crippen LogP contribution >= 0.6 is 0 Å². The monoisotopic (exact) mass is 483 g/mol. The minimum Gasteiger partial charge on any atom is -0.508 e. The minimum atomic E-state index is 0.227. The number of aromatic hydroxyl groups is 1.